The molecule has 0 fully saturated rings. The van der Waals surface area contributed by atoms with Crippen LogP contribution in [0.25, 0.3) is 16.9 Å². The lowest BCUT2D eigenvalue weighted by molar-refractivity contribution is 0.627. The Morgan fingerprint density at radius 2 is 1.67 bits per heavy atom. The van der Waals surface area contributed by atoms with Crippen molar-refractivity contribution in [2.24, 2.45) is 0 Å². The minimum Gasteiger partial charge on any atom is -0.294 e. The number of aromatic nitrogens is 2. The number of halogens is 1. The van der Waals surface area contributed by atoms with Gasteiger partial charge in [-0.05, 0) is 37.4 Å². The molecule has 0 saturated carbocycles. The summed E-state index contributed by atoms with van der Waals surface area (Å²) in [6.07, 6.45) is 3.98. The molecular weight excluding hydrogens is 283 g/mol. The standard InChI is InChI=1S/C17H15FN2S/c1-12-3-5-13(6-4-12)16-11-20(17(19-16)21-2)15-9-7-14(18)8-10-15/h3-11H,1-2H3. The molecule has 21 heavy (non-hydrogen) atoms. The number of nitrogens with zero attached hydrogens (tertiary/aromatic N) is 2. The average Bonchev–Trinajstić information content (AvgIpc) is 2.93. The maximum Gasteiger partial charge on any atom is 0.172 e. The molecule has 2 nitrogen and oxygen atoms in total. The van der Waals surface area contributed by atoms with E-state index in [2.05, 4.69) is 36.2 Å². The van der Waals surface area contributed by atoms with Gasteiger partial charge in [0.1, 0.15) is 5.82 Å². The van der Waals surface area contributed by atoms with Crippen LogP contribution in [0.3, 0.4) is 0 Å². The Balaban J connectivity index is 2.05. The SMILES string of the molecule is CSc1nc(-c2ccc(C)cc2)cn1-c1ccc(F)cc1. The Bertz CT molecular complexity index is 745. The first kappa shape index (κ1) is 13.9. The summed E-state index contributed by atoms with van der Waals surface area (Å²) in [5, 5.41) is 0.886. The molecule has 106 valence electrons. The molecule has 0 aliphatic rings. The molecule has 0 aliphatic carbocycles. The zero-order valence-electron chi connectivity index (χ0n) is 11.9. The van der Waals surface area contributed by atoms with Crippen molar-refractivity contribution in [1.82, 2.24) is 9.55 Å². The van der Waals surface area contributed by atoms with Crippen molar-refractivity contribution >= 4 is 11.8 Å². The van der Waals surface area contributed by atoms with E-state index in [1.54, 1.807) is 23.9 Å². The normalized spacial score (nSPS) is 10.8. The van der Waals surface area contributed by atoms with Gasteiger partial charge < -0.3 is 0 Å². The number of benzene rings is 2. The average molecular weight is 298 g/mol. The highest BCUT2D eigenvalue weighted by atomic mass is 32.2. The molecule has 0 amide bonds. The Kier molecular flexibility index (Phi) is 3.80. The van der Waals surface area contributed by atoms with Crippen LogP contribution in [0.2, 0.25) is 0 Å². The maximum absolute atomic E-state index is 13.1. The monoisotopic (exact) mass is 298 g/mol. The van der Waals surface area contributed by atoms with E-state index < -0.39 is 0 Å². The highest BCUT2D eigenvalue weighted by molar-refractivity contribution is 7.98. The van der Waals surface area contributed by atoms with E-state index in [9.17, 15) is 4.39 Å². The minimum absolute atomic E-state index is 0.233. The summed E-state index contributed by atoms with van der Waals surface area (Å²) in [6, 6.07) is 14.7. The summed E-state index contributed by atoms with van der Waals surface area (Å²) < 4.78 is 15.0. The van der Waals surface area contributed by atoms with Crippen LogP contribution in [-0.2, 0) is 0 Å². The highest BCUT2D eigenvalue weighted by Crippen LogP contribution is 2.26. The van der Waals surface area contributed by atoms with Crippen LogP contribution in [-0.4, -0.2) is 15.8 Å². The highest BCUT2D eigenvalue weighted by Gasteiger charge is 2.10. The second-order valence-electron chi connectivity index (χ2n) is 4.83. The van der Waals surface area contributed by atoms with Crippen molar-refractivity contribution in [1.29, 1.82) is 0 Å². The lowest BCUT2D eigenvalue weighted by atomic mass is 10.1. The first-order valence-corrected chi connectivity index (χ1v) is 7.86. The third-order valence-electron chi connectivity index (χ3n) is 3.31. The zero-order chi connectivity index (χ0) is 14.8. The third-order valence-corrected chi connectivity index (χ3v) is 3.96. The second-order valence-corrected chi connectivity index (χ2v) is 5.60. The van der Waals surface area contributed by atoms with Crippen LogP contribution in [0.1, 0.15) is 5.56 Å². The first-order valence-electron chi connectivity index (χ1n) is 6.64. The molecule has 3 aromatic rings. The van der Waals surface area contributed by atoms with Gasteiger partial charge in [-0.1, -0.05) is 41.6 Å². The lowest BCUT2D eigenvalue weighted by Gasteiger charge is -2.04. The van der Waals surface area contributed by atoms with E-state index in [-0.39, 0.29) is 5.82 Å². The Morgan fingerprint density at radius 1 is 1.00 bits per heavy atom. The Labute approximate surface area is 127 Å². The smallest absolute Gasteiger partial charge is 0.172 e. The summed E-state index contributed by atoms with van der Waals surface area (Å²) in [4.78, 5) is 4.66. The molecule has 3 rings (SSSR count). The molecular formula is C17H15FN2S. The van der Waals surface area contributed by atoms with Crippen LogP contribution in [0, 0.1) is 12.7 Å². The number of aryl methyl sites for hydroxylation is 1. The van der Waals surface area contributed by atoms with E-state index in [1.165, 1.54) is 17.7 Å². The van der Waals surface area contributed by atoms with Crippen LogP contribution in [0.15, 0.2) is 59.9 Å². The molecule has 0 spiro atoms. The van der Waals surface area contributed by atoms with Crippen molar-refractivity contribution in [2.75, 3.05) is 6.26 Å². The summed E-state index contributed by atoms with van der Waals surface area (Å²) in [5.41, 5.74) is 4.13. The molecule has 0 aliphatic heterocycles. The van der Waals surface area contributed by atoms with Crippen LogP contribution in [0.4, 0.5) is 4.39 Å². The fraction of sp³-hybridized carbons (Fsp3) is 0.118. The molecule has 0 radical (unpaired) electrons. The van der Waals surface area contributed by atoms with Crippen molar-refractivity contribution in [3.8, 4) is 16.9 Å². The van der Waals surface area contributed by atoms with Crippen LogP contribution < -0.4 is 0 Å². The molecule has 4 heteroatoms. The molecule has 0 atom stereocenters. The topological polar surface area (TPSA) is 17.8 Å². The van der Waals surface area contributed by atoms with Gasteiger partial charge in [0, 0.05) is 17.4 Å². The van der Waals surface area contributed by atoms with Gasteiger partial charge in [0.05, 0.1) is 5.69 Å². The predicted molar refractivity (Wildman–Crippen MR) is 85.5 cm³/mol. The maximum atomic E-state index is 13.1. The predicted octanol–water partition coefficient (Wildman–Crippen LogP) is 4.71. The van der Waals surface area contributed by atoms with Crippen molar-refractivity contribution in [3.05, 3.63) is 66.1 Å². The molecule has 0 saturated heterocycles. The van der Waals surface area contributed by atoms with Crippen LogP contribution in [0.5, 0.6) is 0 Å². The van der Waals surface area contributed by atoms with E-state index in [0.717, 1.165) is 22.1 Å². The largest absolute Gasteiger partial charge is 0.294 e. The van der Waals surface area contributed by atoms with Gasteiger partial charge in [0.15, 0.2) is 5.16 Å². The number of hydrogen-bond acceptors (Lipinski definition) is 2. The van der Waals surface area contributed by atoms with Gasteiger partial charge in [0.2, 0.25) is 0 Å². The fourth-order valence-electron chi connectivity index (χ4n) is 2.16. The summed E-state index contributed by atoms with van der Waals surface area (Å²) >= 11 is 1.57. The Morgan fingerprint density at radius 3 is 2.29 bits per heavy atom. The molecule has 1 aromatic heterocycles. The van der Waals surface area contributed by atoms with E-state index >= 15 is 0 Å². The van der Waals surface area contributed by atoms with Gasteiger partial charge in [0.25, 0.3) is 0 Å². The van der Waals surface area contributed by atoms with E-state index in [4.69, 9.17) is 0 Å². The quantitative estimate of drug-likeness (QED) is 0.652. The molecule has 2 aromatic carbocycles. The molecule has 1 heterocycles. The third kappa shape index (κ3) is 2.85. The number of thioether (sulfide) groups is 1. The van der Waals surface area contributed by atoms with E-state index in [1.807, 2.05) is 17.0 Å². The minimum atomic E-state index is -0.233. The first-order chi connectivity index (χ1) is 10.2. The van der Waals surface area contributed by atoms with Gasteiger partial charge in [-0.3, -0.25) is 4.57 Å². The number of imidazole rings is 1. The second kappa shape index (κ2) is 5.74. The van der Waals surface area contributed by atoms with Crippen molar-refractivity contribution in [3.63, 3.8) is 0 Å². The molecule has 0 N–H and O–H groups in total. The fourth-order valence-corrected chi connectivity index (χ4v) is 2.70. The number of hydrogen-bond donors (Lipinski definition) is 0. The van der Waals surface area contributed by atoms with Crippen molar-refractivity contribution < 1.29 is 4.39 Å². The van der Waals surface area contributed by atoms with Gasteiger partial charge in [-0.15, -0.1) is 0 Å². The van der Waals surface area contributed by atoms with Gasteiger partial charge in [-0.25, -0.2) is 9.37 Å². The summed E-state index contributed by atoms with van der Waals surface area (Å²) in [7, 11) is 0. The zero-order valence-corrected chi connectivity index (χ0v) is 12.7. The van der Waals surface area contributed by atoms with Gasteiger partial charge >= 0.3 is 0 Å². The van der Waals surface area contributed by atoms with Gasteiger partial charge in [-0.2, -0.15) is 0 Å². The summed E-state index contributed by atoms with van der Waals surface area (Å²) in [6.45, 7) is 2.06. The van der Waals surface area contributed by atoms with E-state index in [0.29, 0.717) is 0 Å². The molecule has 0 bridgehead atoms. The molecule has 0 unspecified atom stereocenters. The summed E-state index contributed by atoms with van der Waals surface area (Å²) in [5.74, 6) is -0.233. The lowest BCUT2D eigenvalue weighted by Crippen LogP contribution is -1.94. The Hall–Kier alpha value is -2.07. The van der Waals surface area contributed by atoms with Crippen molar-refractivity contribution in [2.45, 2.75) is 12.1 Å². The van der Waals surface area contributed by atoms with Crippen LogP contribution >= 0.6 is 11.8 Å². The number of rotatable bonds is 3.